The lowest BCUT2D eigenvalue weighted by atomic mass is 10.1. The molecule has 0 unspecified atom stereocenters. The monoisotopic (exact) mass is 327 g/mol. The lowest BCUT2D eigenvalue weighted by Gasteiger charge is -2.18. The first kappa shape index (κ1) is 17.9. The van der Waals surface area contributed by atoms with Crippen LogP contribution >= 0.6 is 0 Å². The van der Waals surface area contributed by atoms with Gasteiger partial charge in [0, 0.05) is 19.8 Å². The van der Waals surface area contributed by atoms with Crippen molar-refractivity contribution in [1.82, 2.24) is 14.9 Å². The molecule has 5 nitrogen and oxygen atoms in total. The molecule has 0 N–H and O–H groups in total. The smallest absolute Gasteiger partial charge is 0.257 e. The zero-order valence-corrected chi connectivity index (χ0v) is 14.9. The number of para-hydroxylation sites is 1. The summed E-state index contributed by atoms with van der Waals surface area (Å²) in [7, 11) is 1.79. The Kier molecular flexibility index (Phi) is 6.29. The van der Waals surface area contributed by atoms with E-state index in [1.54, 1.807) is 18.1 Å². The summed E-state index contributed by atoms with van der Waals surface area (Å²) in [5.74, 6) is 1.55. The molecule has 0 saturated heterocycles. The molecule has 0 spiro atoms. The maximum Gasteiger partial charge on any atom is 0.257 e. The van der Waals surface area contributed by atoms with Gasteiger partial charge >= 0.3 is 0 Å². The minimum absolute atomic E-state index is 0.0542. The highest BCUT2D eigenvalue weighted by atomic mass is 16.5. The lowest BCUT2D eigenvalue weighted by molar-refractivity contribution is 0.0786. The number of carbonyl (C=O) groups excluding carboxylic acids is 1. The highest BCUT2D eigenvalue weighted by molar-refractivity contribution is 5.94. The Labute approximate surface area is 143 Å². The highest BCUT2D eigenvalue weighted by Crippen LogP contribution is 2.18. The van der Waals surface area contributed by atoms with Gasteiger partial charge in [-0.15, -0.1) is 0 Å². The van der Waals surface area contributed by atoms with Crippen LogP contribution in [0.1, 0.15) is 40.8 Å². The Balaban J connectivity index is 1.84. The van der Waals surface area contributed by atoms with Crippen LogP contribution in [0.5, 0.6) is 5.75 Å². The van der Waals surface area contributed by atoms with Crippen LogP contribution in [0.2, 0.25) is 0 Å². The van der Waals surface area contributed by atoms with Gasteiger partial charge in [0.1, 0.15) is 11.6 Å². The molecular weight excluding hydrogens is 302 g/mol. The van der Waals surface area contributed by atoms with Crippen molar-refractivity contribution >= 4 is 5.91 Å². The van der Waals surface area contributed by atoms with Crippen molar-refractivity contribution in [3.63, 3.8) is 0 Å². The molecule has 0 atom stereocenters. The lowest BCUT2D eigenvalue weighted by Crippen LogP contribution is -2.29. The van der Waals surface area contributed by atoms with E-state index in [4.69, 9.17) is 4.74 Å². The molecule has 2 rings (SSSR count). The van der Waals surface area contributed by atoms with Crippen LogP contribution in [0.25, 0.3) is 0 Å². The summed E-state index contributed by atoms with van der Waals surface area (Å²) < 4.78 is 5.84. The Morgan fingerprint density at radius 2 is 2.00 bits per heavy atom. The van der Waals surface area contributed by atoms with Gasteiger partial charge in [0.25, 0.3) is 5.91 Å². The predicted octanol–water partition coefficient (Wildman–Crippen LogP) is 3.20. The third-order valence-electron chi connectivity index (χ3n) is 3.93. The van der Waals surface area contributed by atoms with Crippen molar-refractivity contribution in [2.24, 2.45) is 0 Å². The van der Waals surface area contributed by atoms with E-state index >= 15 is 0 Å². The van der Waals surface area contributed by atoms with E-state index in [0.717, 1.165) is 18.6 Å². The number of hydrogen-bond acceptors (Lipinski definition) is 4. The van der Waals surface area contributed by atoms with Crippen LogP contribution in [0.3, 0.4) is 0 Å². The average Bonchev–Trinajstić information content (AvgIpc) is 2.58. The predicted molar refractivity (Wildman–Crippen MR) is 94.4 cm³/mol. The van der Waals surface area contributed by atoms with Crippen LogP contribution in [0.4, 0.5) is 0 Å². The zero-order valence-electron chi connectivity index (χ0n) is 14.9. The molecule has 0 bridgehead atoms. The summed E-state index contributed by atoms with van der Waals surface area (Å²) in [6.07, 6.45) is 3.32. The number of aromatic nitrogens is 2. The fraction of sp³-hybridized carbons (Fsp3) is 0.421. The van der Waals surface area contributed by atoms with E-state index in [0.29, 0.717) is 30.2 Å². The van der Waals surface area contributed by atoms with Crippen molar-refractivity contribution < 1.29 is 9.53 Å². The highest BCUT2D eigenvalue weighted by Gasteiger charge is 2.15. The van der Waals surface area contributed by atoms with Gasteiger partial charge in [0.05, 0.1) is 17.9 Å². The zero-order chi connectivity index (χ0) is 17.5. The third kappa shape index (κ3) is 4.54. The second-order valence-electron chi connectivity index (χ2n) is 5.81. The van der Waals surface area contributed by atoms with Crippen molar-refractivity contribution in [3.05, 3.63) is 53.1 Å². The molecule has 1 heterocycles. The topological polar surface area (TPSA) is 55.3 Å². The fourth-order valence-electron chi connectivity index (χ4n) is 2.52. The molecule has 1 amide bonds. The number of carbonyl (C=O) groups is 1. The van der Waals surface area contributed by atoms with Gasteiger partial charge in [-0.2, -0.15) is 0 Å². The first-order valence-corrected chi connectivity index (χ1v) is 8.29. The van der Waals surface area contributed by atoms with Gasteiger partial charge in [-0.05, 0) is 38.3 Å². The number of hydrogen-bond donors (Lipinski definition) is 0. The molecule has 2 aromatic rings. The molecule has 1 aromatic heterocycles. The molecule has 0 saturated carbocycles. The number of ether oxygens (including phenoxy) is 1. The summed E-state index contributed by atoms with van der Waals surface area (Å²) >= 11 is 0. The molecule has 128 valence electrons. The second-order valence-corrected chi connectivity index (χ2v) is 5.81. The number of amides is 1. The Morgan fingerprint density at radius 1 is 1.25 bits per heavy atom. The maximum absolute atomic E-state index is 12.4. The molecule has 0 radical (unpaired) electrons. The molecule has 0 aliphatic rings. The SMILES string of the molecule is CCc1ccccc1OCCCN(C)C(=O)c1cnc(C)nc1C. The van der Waals surface area contributed by atoms with Crippen LogP contribution in [0, 0.1) is 13.8 Å². The molecular formula is C19H25N3O2. The van der Waals surface area contributed by atoms with Gasteiger partial charge in [0.15, 0.2) is 0 Å². The van der Waals surface area contributed by atoms with Crippen LogP contribution in [0.15, 0.2) is 30.5 Å². The van der Waals surface area contributed by atoms with Gasteiger partial charge in [-0.25, -0.2) is 9.97 Å². The van der Waals surface area contributed by atoms with E-state index in [-0.39, 0.29) is 5.91 Å². The number of rotatable bonds is 7. The quantitative estimate of drug-likeness (QED) is 0.733. The minimum atomic E-state index is -0.0542. The minimum Gasteiger partial charge on any atom is -0.493 e. The third-order valence-corrected chi connectivity index (χ3v) is 3.93. The van der Waals surface area contributed by atoms with E-state index in [1.807, 2.05) is 32.0 Å². The number of aryl methyl sites for hydroxylation is 3. The Morgan fingerprint density at radius 3 is 2.71 bits per heavy atom. The first-order chi connectivity index (χ1) is 11.5. The fourth-order valence-corrected chi connectivity index (χ4v) is 2.52. The summed E-state index contributed by atoms with van der Waals surface area (Å²) in [4.78, 5) is 22.5. The van der Waals surface area contributed by atoms with Crippen molar-refractivity contribution in [1.29, 1.82) is 0 Å². The normalized spacial score (nSPS) is 10.5. The van der Waals surface area contributed by atoms with E-state index in [9.17, 15) is 4.79 Å². The first-order valence-electron chi connectivity index (χ1n) is 8.29. The van der Waals surface area contributed by atoms with Crippen molar-refractivity contribution in [2.75, 3.05) is 20.2 Å². The van der Waals surface area contributed by atoms with E-state index in [1.165, 1.54) is 5.56 Å². The molecule has 24 heavy (non-hydrogen) atoms. The standard InChI is InChI=1S/C19H25N3O2/c1-5-16-9-6-7-10-18(16)24-12-8-11-22(4)19(23)17-13-20-15(3)21-14(17)2/h6-7,9-10,13H,5,8,11-12H2,1-4H3. The number of nitrogens with zero attached hydrogens (tertiary/aromatic N) is 3. The molecule has 5 heteroatoms. The van der Waals surface area contributed by atoms with Gasteiger partial charge in [-0.1, -0.05) is 25.1 Å². The Hall–Kier alpha value is -2.43. The maximum atomic E-state index is 12.4. The summed E-state index contributed by atoms with van der Waals surface area (Å²) in [5, 5.41) is 0. The van der Waals surface area contributed by atoms with Crippen molar-refractivity contribution in [3.8, 4) is 5.75 Å². The van der Waals surface area contributed by atoms with Crippen LogP contribution < -0.4 is 4.74 Å². The summed E-state index contributed by atoms with van der Waals surface area (Å²) in [6, 6.07) is 8.06. The average molecular weight is 327 g/mol. The van der Waals surface area contributed by atoms with E-state index in [2.05, 4.69) is 23.0 Å². The second kappa shape index (κ2) is 8.43. The largest absolute Gasteiger partial charge is 0.493 e. The summed E-state index contributed by atoms with van der Waals surface area (Å²) in [6.45, 7) is 6.97. The van der Waals surface area contributed by atoms with Gasteiger partial charge in [-0.3, -0.25) is 4.79 Å². The van der Waals surface area contributed by atoms with Crippen LogP contribution in [-0.2, 0) is 6.42 Å². The summed E-state index contributed by atoms with van der Waals surface area (Å²) in [5.41, 5.74) is 2.47. The van der Waals surface area contributed by atoms with Crippen LogP contribution in [-0.4, -0.2) is 41.0 Å². The molecule has 1 aromatic carbocycles. The molecule has 0 fully saturated rings. The van der Waals surface area contributed by atoms with Gasteiger partial charge in [0.2, 0.25) is 0 Å². The Bertz CT molecular complexity index is 701. The van der Waals surface area contributed by atoms with Gasteiger partial charge < -0.3 is 9.64 Å². The molecule has 0 aliphatic heterocycles. The number of benzene rings is 1. The van der Waals surface area contributed by atoms with Crippen molar-refractivity contribution in [2.45, 2.75) is 33.6 Å². The molecule has 0 aliphatic carbocycles. The van der Waals surface area contributed by atoms with E-state index < -0.39 is 0 Å².